The van der Waals surface area contributed by atoms with Gasteiger partial charge in [-0.1, -0.05) is 24.3 Å². The zero-order valence-corrected chi connectivity index (χ0v) is 14.3. The Labute approximate surface area is 142 Å². The summed E-state index contributed by atoms with van der Waals surface area (Å²) in [4.78, 5) is 25.9. The zero-order chi connectivity index (χ0) is 17.3. The Morgan fingerprint density at radius 2 is 1.79 bits per heavy atom. The number of carbonyl (C=O) groups excluding carboxylic acids is 2. The van der Waals surface area contributed by atoms with Gasteiger partial charge in [0, 0.05) is 6.54 Å². The predicted molar refractivity (Wildman–Crippen MR) is 93.9 cm³/mol. The molecule has 0 radical (unpaired) electrons. The highest BCUT2D eigenvalue weighted by atomic mass is 16.5. The molecule has 0 saturated heterocycles. The first-order chi connectivity index (χ1) is 11.5. The van der Waals surface area contributed by atoms with Crippen LogP contribution < -0.4 is 9.64 Å². The average molecular weight is 323 g/mol. The molecule has 0 N–H and O–H groups in total. The van der Waals surface area contributed by atoms with Gasteiger partial charge in [0.25, 0.3) is 11.7 Å². The summed E-state index contributed by atoms with van der Waals surface area (Å²) >= 11 is 0. The fourth-order valence-corrected chi connectivity index (χ4v) is 3.02. The highest BCUT2D eigenvalue weighted by Gasteiger charge is 2.36. The molecule has 0 unspecified atom stereocenters. The van der Waals surface area contributed by atoms with Crippen LogP contribution in [-0.4, -0.2) is 24.8 Å². The molecule has 1 aliphatic heterocycles. The third kappa shape index (κ3) is 2.92. The third-order valence-electron chi connectivity index (χ3n) is 4.32. The second-order valence-electron chi connectivity index (χ2n) is 6.23. The molecule has 0 saturated carbocycles. The fourth-order valence-electron chi connectivity index (χ4n) is 3.02. The molecule has 24 heavy (non-hydrogen) atoms. The van der Waals surface area contributed by atoms with Crippen LogP contribution in [0.2, 0.25) is 0 Å². The van der Waals surface area contributed by atoms with Gasteiger partial charge in [-0.3, -0.25) is 9.59 Å². The predicted octanol–water partition coefficient (Wildman–Crippen LogP) is 3.61. The Morgan fingerprint density at radius 1 is 1.00 bits per heavy atom. The topological polar surface area (TPSA) is 46.6 Å². The van der Waals surface area contributed by atoms with Gasteiger partial charge >= 0.3 is 0 Å². The monoisotopic (exact) mass is 323 g/mol. The van der Waals surface area contributed by atoms with Gasteiger partial charge in [0.15, 0.2) is 0 Å². The van der Waals surface area contributed by atoms with Crippen molar-refractivity contribution in [2.24, 2.45) is 0 Å². The lowest BCUT2D eigenvalue weighted by atomic mass is 10.1. The summed E-state index contributed by atoms with van der Waals surface area (Å²) in [6, 6.07) is 11.6. The van der Waals surface area contributed by atoms with Crippen LogP contribution in [0.1, 0.15) is 33.5 Å². The number of carbonyl (C=O) groups is 2. The van der Waals surface area contributed by atoms with Crippen molar-refractivity contribution in [1.82, 2.24) is 0 Å². The molecule has 3 rings (SSSR count). The molecule has 4 heteroatoms. The fraction of sp³-hybridized carbons (Fsp3) is 0.300. The number of ketones is 1. The van der Waals surface area contributed by atoms with Crippen LogP contribution in [0.5, 0.6) is 5.75 Å². The summed E-state index contributed by atoms with van der Waals surface area (Å²) in [5.74, 6) is 0.0191. The Morgan fingerprint density at radius 3 is 2.58 bits per heavy atom. The number of anilines is 1. The zero-order valence-electron chi connectivity index (χ0n) is 14.3. The summed E-state index contributed by atoms with van der Waals surface area (Å²) in [6.45, 7) is 6.94. The lowest BCUT2D eigenvalue weighted by Gasteiger charge is -2.18. The van der Waals surface area contributed by atoms with E-state index in [1.807, 2.05) is 45.0 Å². The number of amides is 1. The number of aryl methyl sites for hydroxylation is 3. The van der Waals surface area contributed by atoms with Crippen molar-refractivity contribution in [2.75, 3.05) is 18.1 Å². The minimum atomic E-state index is -0.439. The highest BCUT2D eigenvalue weighted by Crippen LogP contribution is 2.32. The third-order valence-corrected chi connectivity index (χ3v) is 4.32. The minimum Gasteiger partial charge on any atom is -0.493 e. The maximum Gasteiger partial charge on any atom is 0.299 e. The van der Waals surface area contributed by atoms with Gasteiger partial charge in [-0.15, -0.1) is 0 Å². The summed E-state index contributed by atoms with van der Waals surface area (Å²) in [5.41, 5.74) is 4.45. The van der Waals surface area contributed by atoms with Crippen LogP contribution >= 0.6 is 0 Å². The van der Waals surface area contributed by atoms with Crippen molar-refractivity contribution < 1.29 is 14.3 Å². The SMILES string of the molecule is Cc1ccc(C)c(OCCCN2C(=O)C(=O)c3cccc(C)c32)c1. The van der Waals surface area contributed by atoms with Crippen LogP contribution in [0, 0.1) is 20.8 Å². The Bertz CT molecular complexity index is 811. The van der Waals surface area contributed by atoms with Crippen molar-refractivity contribution in [3.63, 3.8) is 0 Å². The molecule has 0 aromatic heterocycles. The van der Waals surface area contributed by atoms with Gasteiger partial charge in [-0.25, -0.2) is 0 Å². The molecule has 2 aromatic carbocycles. The maximum absolute atomic E-state index is 12.2. The lowest BCUT2D eigenvalue weighted by molar-refractivity contribution is -0.114. The number of hydrogen-bond acceptors (Lipinski definition) is 3. The summed E-state index contributed by atoms with van der Waals surface area (Å²) in [5, 5.41) is 0. The Hall–Kier alpha value is -2.62. The normalized spacial score (nSPS) is 13.4. The molecule has 0 atom stereocenters. The number of hydrogen-bond donors (Lipinski definition) is 0. The number of nitrogens with zero attached hydrogens (tertiary/aromatic N) is 1. The summed E-state index contributed by atoms with van der Waals surface area (Å²) < 4.78 is 5.83. The Balaban J connectivity index is 1.65. The van der Waals surface area contributed by atoms with Crippen molar-refractivity contribution in [1.29, 1.82) is 0 Å². The van der Waals surface area contributed by atoms with Gasteiger partial charge in [0.1, 0.15) is 5.75 Å². The number of para-hydroxylation sites is 1. The summed E-state index contributed by atoms with van der Waals surface area (Å²) in [6.07, 6.45) is 0.667. The number of Topliss-reactive ketones (excluding diaryl/α,β-unsaturated/α-hetero) is 1. The highest BCUT2D eigenvalue weighted by molar-refractivity contribution is 6.52. The van der Waals surface area contributed by atoms with E-state index in [4.69, 9.17) is 4.74 Å². The first-order valence-corrected chi connectivity index (χ1v) is 8.15. The standard InChI is InChI=1S/C20H21NO3/c1-13-8-9-14(2)17(12-13)24-11-5-10-21-18-15(3)6-4-7-16(18)19(22)20(21)23/h4,6-9,12H,5,10-11H2,1-3H3. The average Bonchev–Trinajstić information content (AvgIpc) is 2.80. The molecule has 4 nitrogen and oxygen atoms in total. The second kappa shape index (κ2) is 6.48. The molecular formula is C20H21NO3. The van der Waals surface area contributed by atoms with Crippen LogP contribution in [-0.2, 0) is 4.79 Å². The van der Waals surface area contributed by atoms with Gasteiger partial charge in [0.05, 0.1) is 17.9 Å². The largest absolute Gasteiger partial charge is 0.493 e. The van der Waals surface area contributed by atoms with Crippen molar-refractivity contribution >= 4 is 17.4 Å². The van der Waals surface area contributed by atoms with Crippen LogP contribution in [0.4, 0.5) is 5.69 Å². The molecule has 0 fully saturated rings. The summed E-state index contributed by atoms with van der Waals surface area (Å²) in [7, 11) is 0. The van der Waals surface area contributed by atoms with E-state index in [9.17, 15) is 9.59 Å². The number of fused-ring (bicyclic) bond motifs is 1. The van der Waals surface area contributed by atoms with Crippen LogP contribution in [0.25, 0.3) is 0 Å². The molecule has 124 valence electrons. The quantitative estimate of drug-likeness (QED) is 0.624. The first-order valence-electron chi connectivity index (χ1n) is 8.15. The number of benzene rings is 2. The van der Waals surface area contributed by atoms with Crippen molar-refractivity contribution in [2.45, 2.75) is 27.2 Å². The molecule has 0 aliphatic carbocycles. The van der Waals surface area contributed by atoms with E-state index in [1.165, 1.54) is 0 Å². The minimum absolute atomic E-state index is 0.413. The van der Waals surface area contributed by atoms with Gasteiger partial charge in [0.2, 0.25) is 0 Å². The van der Waals surface area contributed by atoms with E-state index < -0.39 is 11.7 Å². The van der Waals surface area contributed by atoms with Crippen LogP contribution in [0.3, 0.4) is 0 Å². The maximum atomic E-state index is 12.2. The Kier molecular flexibility index (Phi) is 4.38. The van der Waals surface area contributed by atoms with E-state index in [0.717, 1.165) is 28.1 Å². The van der Waals surface area contributed by atoms with Crippen molar-refractivity contribution in [3.8, 4) is 5.75 Å². The molecular weight excluding hydrogens is 302 g/mol. The lowest BCUT2D eigenvalue weighted by Crippen LogP contribution is -2.31. The number of rotatable bonds is 5. The van der Waals surface area contributed by atoms with E-state index in [2.05, 4.69) is 6.07 Å². The van der Waals surface area contributed by atoms with Gasteiger partial charge in [-0.05, 0) is 56.0 Å². The second-order valence-corrected chi connectivity index (χ2v) is 6.23. The van der Waals surface area contributed by atoms with E-state index in [0.29, 0.717) is 25.1 Å². The van der Waals surface area contributed by atoms with E-state index in [1.54, 1.807) is 11.0 Å². The smallest absolute Gasteiger partial charge is 0.299 e. The number of ether oxygens (including phenoxy) is 1. The van der Waals surface area contributed by atoms with Gasteiger partial charge in [-0.2, -0.15) is 0 Å². The molecule has 1 amide bonds. The van der Waals surface area contributed by atoms with Crippen LogP contribution in [0.15, 0.2) is 36.4 Å². The molecule has 0 bridgehead atoms. The van der Waals surface area contributed by atoms with E-state index in [-0.39, 0.29) is 0 Å². The molecule has 2 aromatic rings. The van der Waals surface area contributed by atoms with E-state index >= 15 is 0 Å². The molecule has 1 heterocycles. The molecule has 0 spiro atoms. The molecule has 1 aliphatic rings. The van der Waals surface area contributed by atoms with Crippen molar-refractivity contribution in [3.05, 3.63) is 58.7 Å². The van der Waals surface area contributed by atoms with Gasteiger partial charge < -0.3 is 9.64 Å². The first kappa shape index (κ1) is 16.2.